The second kappa shape index (κ2) is 8.63. The Morgan fingerprint density at radius 2 is 1.66 bits per heavy atom. The van der Waals surface area contributed by atoms with Gasteiger partial charge in [-0.15, -0.1) is 0 Å². The summed E-state index contributed by atoms with van der Waals surface area (Å²) < 4.78 is 11.6. The molecule has 1 aromatic heterocycles. The fraction of sp³-hybridized carbons (Fsp3) is 0.125. The number of nitrogens with one attached hydrogen (secondary N) is 1. The zero-order chi connectivity index (χ0) is 20.1. The van der Waals surface area contributed by atoms with Crippen molar-refractivity contribution < 1.29 is 14.3 Å². The molecule has 0 saturated heterocycles. The maximum atomic E-state index is 12.4. The number of hydrogen-bond donors (Lipinski definition) is 2. The molecule has 0 saturated carbocycles. The average Bonchev–Trinajstić information content (AvgIpc) is 2.77. The summed E-state index contributed by atoms with van der Waals surface area (Å²) in [7, 11) is 0. The van der Waals surface area contributed by atoms with Crippen LogP contribution in [-0.2, 0) is 0 Å². The van der Waals surface area contributed by atoms with Crippen LogP contribution in [0, 0.1) is 0 Å². The summed E-state index contributed by atoms with van der Waals surface area (Å²) in [6, 6.07) is 25.7. The van der Waals surface area contributed by atoms with E-state index >= 15 is 0 Å². The maximum Gasteiger partial charge on any atom is 0.193 e. The molecule has 0 bridgehead atoms. The van der Waals surface area contributed by atoms with Gasteiger partial charge in [-0.2, -0.15) is 0 Å². The van der Waals surface area contributed by atoms with Crippen LogP contribution < -0.4 is 15.5 Å². The van der Waals surface area contributed by atoms with Crippen molar-refractivity contribution in [1.82, 2.24) is 0 Å². The third-order valence-electron chi connectivity index (χ3n) is 4.52. The summed E-state index contributed by atoms with van der Waals surface area (Å²) in [5.41, 5.74) is 2.11. The lowest BCUT2D eigenvalue weighted by Gasteiger charge is -2.14. The minimum atomic E-state index is -0.687. The van der Waals surface area contributed by atoms with Gasteiger partial charge in [0.15, 0.2) is 5.43 Å². The molecule has 0 amide bonds. The highest BCUT2D eigenvalue weighted by atomic mass is 16.5. The lowest BCUT2D eigenvalue weighted by Crippen LogP contribution is -2.26. The van der Waals surface area contributed by atoms with E-state index in [2.05, 4.69) is 5.32 Å². The molecule has 0 spiro atoms. The molecule has 0 aliphatic rings. The van der Waals surface area contributed by atoms with Crippen LogP contribution in [0.4, 0.5) is 5.69 Å². The topological polar surface area (TPSA) is 71.7 Å². The number of benzene rings is 3. The molecule has 4 rings (SSSR count). The average molecular weight is 387 g/mol. The Balaban J connectivity index is 1.46. The van der Waals surface area contributed by atoms with Gasteiger partial charge in [0.2, 0.25) is 0 Å². The smallest absolute Gasteiger partial charge is 0.193 e. The summed E-state index contributed by atoms with van der Waals surface area (Å²) in [5, 5.41) is 13.8. The van der Waals surface area contributed by atoms with Gasteiger partial charge in [0.05, 0.1) is 5.39 Å². The molecule has 5 heteroatoms. The minimum absolute atomic E-state index is 0.108. The largest absolute Gasteiger partial charge is 0.491 e. The molecule has 146 valence electrons. The fourth-order valence-electron chi connectivity index (χ4n) is 3.01. The van der Waals surface area contributed by atoms with Crippen LogP contribution in [0.2, 0.25) is 0 Å². The Labute approximate surface area is 168 Å². The van der Waals surface area contributed by atoms with Gasteiger partial charge in [0.1, 0.15) is 29.8 Å². The second-order valence-electron chi connectivity index (χ2n) is 6.71. The Kier molecular flexibility index (Phi) is 5.59. The molecule has 0 radical (unpaired) electrons. The number of aliphatic hydroxyl groups is 1. The fourth-order valence-corrected chi connectivity index (χ4v) is 3.01. The zero-order valence-electron chi connectivity index (χ0n) is 15.7. The van der Waals surface area contributed by atoms with Crippen molar-refractivity contribution in [2.45, 2.75) is 6.10 Å². The molecule has 4 aromatic rings. The van der Waals surface area contributed by atoms with Gasteiger partial charge in [-0.05, 0) is 24.3 Å². The Hall–Kier alpha value is -3.57. The molecule has 3 aromatic carbocycles. The Morgan fingerprint density at radius 3 is 2.41 bits per heavy atom. The van der Waals surface area contributed by atoms with Crippen molar-refractivity contribution in [3.8, 4) is 17.1 Å². The third kappa shape index (κ3) is 4.65. The number of aliphatic hydroxyl groups excluding tert-OH is 1. The molecule has 1 heterocycles. The van der Waals surface area contributed by atoms with E-state index in [1.807, 2.05) is 60.7 Å². The molecule has 0 fully saturated rings. The quantitative estimate of drug-likeness (QED) is 0.494. The first-order valence-electron chi connectivity index (χ1n) is 9.42. The minimum Gasteiger partial charge on any atom is -0.491 e. The van der Waals surface area contributed by atoms with E-state index in [-0.39, 0.29) is 12.0 Å². The highest BCUT2D eigenvalue weighted by Crippen LogP contribution is 2.24. The first-order chi connectivity index (χ1) is 14.2. The maximum absolute atomic E-state index is 12.4. The van der Waals surface area contributed by atoms with Crippen LogP contribution in [-0.4, -0.2) is 24.4 Å². The summed E-state index contributed by atoms with van der Waals surface area (Å²) in [6.07, 6.45) is -0.687. The van der Waals surface area contributed by atoms with E-state index in [9.17, 15) is 9.90 Å². The highest BCUT2D eigenvalue weighted by molar-refractivity contribution is 5.80. The number of para-hydroxylation sites is 1. The molecule has 0 aliphatic heterocycles. The number of hydrogen-bond acceptors (Lipinski definition) is 5. The van der Waals surface area contributed by atoms with Crippen molar-refractivity contribution in [2.24, 2.45) is 0 Å². The predicted molar refractivity (Wildman–Crippen MR) is 114 cm³/mol. The first kappa shape index (κ1) is 18.8. The lowest BCUT2D eigenvalue weighted by molar-refractivity contribution is 0.117. The SMILES string of the molecule is O=c1cc(-c2ccccc2)oc2cc(OCC(O)CNc3ccccc3)ccc12. The van der Waals surface area contributed by atoms with Crippen molar-refractivity contribution in [3.63, 3.8) is 0 Å². The van der Waals surface area contributed by atoms with Gasteiger partial charge in [0.25, 0.3) is 0 Å². The van der Waals surface area contributed by atoms with Gasteiger partial charge < -0.3 is 19.6 Å². The van der Waals surface area contributed by atoms with Crippen LogP contribution in [0.5, 0.6) is 5.75 Å². The van der Waals surface area contributed by atoms with E-state index in [0.717, 1.165) is 11.3 Å². The van der Waals surface area contributed by atoms with Crippen molar-refractivity contribution >= 4 is 16.7 Å². The Bertz CT molecular complexity index is 1140. The summed E-state index contributed by atoms with van der Waals surface area (Å²) in [4.78, 5) is 12.4. The van der Waals surface area contributed by atoms with Crippen LogP contribution in [0.15, 0.2) is 94.1 Å². The summed E-state index contributed by atoms with van der Waals surface area (Å²) in [5.74, 6) is 1.04. The molecule has 1 unspecified atom stereocenters. The Morgan fingerprint density at radius 1 is 0.931 bits per heavy atom. The summed E-state index contributed by atoms with van der Waals surface area (Å²) in [6.45, 7) is 0.485. The molecule has 5 nitrogen and oxygen atoms in total. The van der Waals surface area contributed by atoms with Gasteiger partial charge >= 0.3 is 0 Å². The number of anilines is 1. The number of rotatable bonds is 7. The second-order valence-corrected chi connectivity index (χ2v) is 6.71. The van der Waals surface area contributed by atoms with E-state index in [4.69, 9.17) is 9.15 Å². The molecule has 1 atom stereocenters. The van der Waals surface area contributed by atoms with Crippen LogP contribution in [0.25, 0.3) is 22.3 Å². The normalized spacial score (nSPS) is 11.9. The predicted octanol–water partition coefficient (Wildman–Crippen LogP) is 4.31. The van der Waals surface area contributed by atoms with E-state index < -0.39 is 6.10 Å². The van der Waals surface area contributed by atoms with Gasteiger partial charge in [-0.25, -0.2) is 0 Å². The molecular weight excluding hydrogens is 366 g/mol. The standard InChI is InChI=1S/C24H21NO4/c26-19(15-25-18-9-5-2-6-10-18)16-28-20-11-12-21-22(27)14-23(29-24(21)13-20)17-7-3-1-4-8-17/h1-14,19,25-26H,15-16H2. The zero-order valence-corrected chi connectivity index (χ0v) is 15.7. The van der Waals surface area contributed by atoms with Crippen molar-refractivity contribution in [3.05, 3.63) is 95.2 Å². The van der Waals surface area contributed by atoms with Crippen LogP contribution in [0.1, 0.15) is 0 Å². The first-order valence-corrected chi connectivity index (χ1v) is 9.42. The van der Waals surface area contributed by atoms with Crippen LogP contribution >= 0.6 is 0 Å². The van der Waals surface area contributed by atoms with Gasteiger partial charge in [-0.1, -0.05) is 48.5 Å². The lowest BCUT2D eigenvalue weighted by atomic mass is 10.1. The van der Waals surface area contributed by atoms with Crippen molar-refractivity contribution in [1.29, 1.82) is 0 Å². The van der Waals surface area contributed by atoms with E-state index in [0.29, 0.717) is 29.0 Å². The number of ether oxygens (including phenoxy) is 1. The molecule has 29 heavy (non-hydrogen) atoms. The summed E-state index contributed by atoms with van der Waals surface area (Å²) >= 11 is 0. The van der Waals surface area contributed by atoms with Gasteiger partial charge in [-0.3, -0.25) is 4.79 Å². The molecular formula is C24H21NO4. The molecule has 2 N–H and O–H groups in total. The number of fused-ring (bicyclic) bond motifs is 1. The third-order valence-corrected chi connectivity index (χ3v) is 4.52. The van der Waals surface area contributed by atoms with Crippen LogP contribution in [0.3, 0.4) is 0 Å². The van der Waals surface area contributed by atoms with E-state index in [1.54, 1.807) is 18.2 Å². The molecule has 0 aliphatic carbocycles. The van der Waals surface area contributed by atoms with Gasteiger partial charge in [0, 0.05) is 29.9 Å². The monoisotopic (exact) mass is 387 g/mol. The van der Waals surface area contributed by atoms with Crippen molar-refractivity contribution in [2.75, 3.05) is 18.5 Å². The highest BCUT2D eigenvalue weighted by Gasteiger charge is 2.10. The van der Waals surface area contributed by atoms with E-state index in [1.165, 1.54) is 6.07 Å².